The molecule has 4 rings (SSSR count). The highest BCUT2D eigenvalue weighted by Gasteiger charge is 2.26. The molecule has 7 nitrogen and oxygen atoms in total. The first-order valence-electron chi connectivity index (χ1n) is 10.2. The smallest absolute Gasteiger partial charge is 0.401 e. The molecule has 0 bridgehead atoms. The lowest BCUT2D eigenvalue weighted by Gasteiger charge is -2.20. The zero-order valence-electron chi connectivity index (χ0n) is 17.1. The van der Waals surface area contributed by atoms with Gasteiger partial charge >= 0.3 is 12.1 Å². The zero-order valence-corrected chi connectivity index (χ0v) is 17.1. The van der Waals surface area contributed by atoms with Gasteiger partial charge in [0, 0.05) is 17.2 Å². The van der Waals surface area contributed by atoms with Crippen LogP contribution in [0.1, 0.15) is 36.4 Å². The van der Waals surface area contributed by atoms with E-state index >= 15 is 0 Å². The van der Waals surface area contributed by atoms with Gasteiger partial charge in [-0.2, -0.15) is 18.3 Å². The largest absolute Gasteiger partial charge is 0.478 e. The van der Waals surface area contributed by atoms with Crippen LogP contribution in [0, 0.1) is 0 Å². The van der Waals surface area contributed by atoms with E-state index in [1.54, 1.807) is 29.1 Å². The minimum absolute atomic E-state index is 0.0164. The van der Waals surface area contributed by atoms with Crippen LogP contribution < -0.4 is 10.6 Å². The van der Waals surface area contributed by atoms with Crippen LogP contribution >= 0.6 is 0 Å². The summed E-state index contributed by atoms with van der Waals surface area (Å²) in [5.41, 5.74) is 4.34. The van der Waals surface area contributed by atoms with Gasteiger partial charge < -0.3 is 10.4 Å². The number of hydrogen-bond donors (Lipinski definition) is 3. The highest BCUT2D eigenvalue weighted by atomic mass is 19.4. The second-order valence-corrected chi connectivity index (χ2v) is 7.65. The zero-order chi connectivity index (χ0) is 22.7. The second-order valence-electron chi connectivity index (χ2n) is 7.65. The number of carbonyl (C=O) groups is 1. The van der Waals surface area contributed by atoms with Crippen molar-refractivity contribution in [1.82, 2.24) is 25.2 Å². The number of carboxylic acid groups (broad SMARTS) is 1. The average Bonchev–Trinajstić information content (AvgIpc) is 3.20. The second kappa shape index (κ2) is 8.99. The van der Waals surface area contributed by atoms with Crippen molar-refractivity contribution < 1.29 is 23.1 Å². The van der Waals surface area contributed by atoms with Crippen LogP contribution in [0.15, 0.2) is 60.1 Å². The van der Waals surface area contributed by atoms with Crippen LogP contribution in [0.5, 0.6) is 0 Å². The number of allylic oxidation sites excluding steroid dienone is 6. The monoisotopic (exact) mass is 445 g/mol. The number of carboxylic acids is 1. The van der Waals surface area contributed by atoms with Gasteiger partial charge in [0.2, 0.25) is 0 Å². The quantitative estimate of drug-likeness (QED) is 0.446. The Hall–Kier alpha value is -3.40. The molecule has 2 aliphatic carbocycles. The lowest BCUT2D eigenvalue weighted by atomic mass is 9.94. The van der Waals surface area contributed by atoms with Crippen molar-refractivity contribution in [3.05, 3.63) is 71.4 Å². The molecule has 2 aliphatic rings. The molecule has 168 valence electrons. The Kier molecular flexibility index (Phi) is 6.13. The summed E-state index contributed by atoms with van der Waals surface area (Å²) in [6.07, 6.45) is 10.2. The summed E-state index contributed by atoms with van der Waals surface area (Å²) < 4.78 is 38.5. The fourth-order valence-corrected chi connectivity index (χ4v) is 3.79. The third kappa shape index (κ3) is 5.08. The highest BCUT2D eigenvalue weighted by molar-refractivity contribution is 5.93. The molecule has 2 aromatic heterocycles. The Morgan fingerprint density at radius 1 is 1.31 bits per heavy atom. The van der Waals surface area contributed by atoms with Crippen LogP contribution in [0.3, 0.4) is 0 Å². The summed E-state index contributed by atoms with van der Waals surface area (Å²) in [6, 6.07) is 1.88. The van der Waals surface area contributed by atoms with E-state index in [0.717, 1.165) is 28.9 Å². The van der Waals surface area contributed by atoms with Crippen molar-refractivity contribution >= 4 is 17.2 Å². The summed E-state index contributed by atoms with van der Waals surface area (Å²) in [4.78, 5) is 15.7. The van der Waals surface area contributed by atoms with Gasteiger partial charge in [-0.25, -0.2) is 14.3 Å². The van der Waals surface area contributed by atoms with Crippen LogP contribution in [-0.2, 0) is 4.79 Å². The molecule has 2 heterocycles. The number of aliphatic carboxylic acids is 1. The van der Waals surface area contributed by atoms with Gasteiger partial charge in [-0.1, -0.05) is 18.2 Å². The molecule has 0 saturated heterocycles. The van der Waals surface area contributed by atoms with Gasteiger partial charge in [-0.3, -0.25) is 5.32 Å². The van der Waals surface area contributed by atoms with Gasteiger partial charge in [0.25, 0.3) is 0 Å². The molecule has 32 heavy (non-hydrogen) atoms. The standard InChI is InChI=1S/C22H22F3N5O2/c23-22(24,25)12-26-13-28-18-6-2-4-15(8-18)19-11-27-20-9-17(10-29-30(19)20)14-3-1-5-16(7-14)21(31)32/h2,4-7,9-11,15,26,28H,1,3,8,12-13H2,(H,31,32). The fraction of sp³-hybridized carbons (Fsp3) is 0.318. The summed E-state index contributed by atoms with van der Waals surface area (Å²) >= 11 is 0. The molecular formula is C22H22F3N5O2. The molecule has 0 radical (unpaired) electrons. The summed E-state index contributed by atoms with van der Waals surface area (Å²) in [6.45, 7) is -1.03. The first-order chi connectivity index (χ1) is 15.3. The number of fused-ring (bicyclic) bond motifs is 1. The van der Waals surface area contributed by atoms with E-state index in [0.29, 0.717) is 18.5 Å². The van der Waals surface area contributed by atoms with Gasteiger partial charge in [0.15, 0.2) is 5.65 Å². The van der Waals surface area contributed by atoms with Crippen molar-refractivity contribution in [1.29, 1.82) is 0 Å². The highest BCUT2D eigenvalue weighted by Crippen LogP contribution is 2.30. The molecule has 0 fully saturated rings. The predicted octanol–water partition coefficient (Wildman–Crippen LogP) is 3.54. The summed E-state index contributed by atoms with van der Waals surface area (Å²) in [5.74, 6) is -0.983. The molecule has 0 aliphatic heterocycles. The van der Waals surface area contributed by atoms with E-state index in [9.17, 15) is 23.1 Å². The predicted molar refractivity (Wildman–Crippen MR) is 113 cm³/mol. The third-order valence-electron chi connectivity index (χ3n) is 5.34. The first-order valence-corrected chi connectivity index (χ1v) is 10.2. The molecule has 10 heteroatoms. The van der Waals surface area contributed by atoms with E-state index in [4.69, 9.17) is 0 Å². The van der Waals surface area contributed by atoms with Crippen LogP contribution in [0.2, 0.25) is 0 Å². The van der Waals surface area contributed by atoms with Gasteiger partial charge in [0.05, 0.1) is 36.9 Å². The van der Waals surface area contributed by atoms with Crippen molar-refractivity contribution in [2.75, 3.05) is 13.2 Å². The van der Waals surface area contributed by atoms with E-state index in [1.165, 1.54) is 0 Å². The van der Waals surface area contributed by atoms with Crippen LogP contribution in [0.4, 0.5) is 13.2 Å². The number of nitrogens with one attached hydrogen (secondary N) is 2. The number of hydrogen-bond acceptors (Lipinski definition) is 5. The normalized spacial score (nSPS) is 18.8. The molecular weight excluding hydrogens is 423 g/mol. The Balaban J connectivity index is 1.46. The van der Waals surface area contributed by atoms with E-state index in [2.05, 4.69) is 20.7 Å². The number of rotatable bonds is 7. The van der Waals surface area contributed by atoms with Gasteiger partial charge in [0.1, 0.15) is 0 Å². The summed E-state index contributed by atoms with van der Waals surface area (Å²) in [5, 5.41) is 19.1. The third-order valence-corrected chi connectivity index (χ3v) is 5.34. The molecule has 0 aromatic carbocycles. The molecule has 1 unspecified atom stereocenters. The van der Waals surface area contributed by atoms with Gasteiger partial charge in [-0.15, -0.1) is 0 Å². The van der Waals surface area contributed by atoms with E-state index in [-0.39, 0.29) is 18.2 Å². The van der Waals surface area contributed by atoms with Gasteiger partial charge in [-0.05, 0) is 43.1 Å². The number of imidazole rings is 1. The Morgan fingerprint density at radius 3 is 2.94 bits per heavy atom. The summed E-state index contributed by atoms with van der Waals surface area (Å²) in [7, 11) is 0. The maximum absolute atomic E-state index is 12.3. The maximum atomic E-state index is 12.3. The molecule has 3 N–H and O–H groups in total. The van der Waals surface area contributed by atoms with E-state index in [1.807, 2.05) is 24.3 Å². The maximum Gasteiger partial charge on any atom is 0.401 e. The molecule has 0 spiro atoms. The van der Waals surface area contributed by atoms with Crippen LogP contribution in [-0.4, -0.2) is 45.1 Å². The topological polar surface area (TPSA) is 91.5 Å². The Morgan fingerprint density at radius 2 is 2.16 bits per heavy atom. The lowest BCUT2D eigenvalue weighted by molar-refractivity contribution is -0.132. The minimum atomic E-state index is -4.24. The number of halogens is 3. The molecule has 0 amide bonds. The lowest BCUT2D eigenvalue weighted by Crippen LogP contribution is -2.36. The first kappa shape index (κ1) is 21.8. The van der Waals surface area contributed by atoms with Crippen LogP contribution in [0.25, 0.3) is 11.2 Å². The van der Waals surface area contributed by atoms with Crippen molar-refractivity contribution in [2.45, 2.75) is 31.4 Å². The van der Waals surface area contributed by atoms with Crippen molar-refractivity contribution in [3.63, 3.8) is 0 Å². The number of nitrogens with zero attached hydrogens (tertiary/aromatic N) is 3. The fourth-order valence-electron chi connectivity index (χ4n) is 3.79. The number of alkyl halides is 3. The minimum Gasteiger partial charge on any atom is -0.478 e. The number of aromatic nitrogens is 3. The molecule has 0 saturated carbocycles. The Labute approximate surface area is 182 Å². The Bertz CT molecular complexity index is 1140. The van der Waals surface area contributed by atoms with Crippen molar-refractivity contribution in [2.24, 2.45) is 0 Å². The van der Waals surface area contributed by atoms with E-state index < -0.39 is 18.7 Å². The molecule has 2 aromatic rings. The SMILES string of the molecule is O=C(O)C1=CCCC(c2cnn3c(C4C=CC=C(NCNCC(F)(F)F)C4)cnc3c2)=C1. The molecule has 1 atom stereocenters. The average molecular weight is 445 g/mol. The van der Waals surface area contributed by atoms with Crippen molar-refractivity contribution in [3.8, 4) is 0 Å².